The van der Waals surface area contributed by atoms with Crippen molar-refractivity contribution in [1.82, 2.24) is 9.80 Å². The summed E-state index contributed by atoms with van der Waals surface area (Å²) in [7, 11) is 3.96. The minimum Gasteiger partial charge on any atom is -0.338 e. The van der Waals surface area contributed by atoms with Gasteiger partial charge in [0.1, 0.15) is 0 Å². The molecule has 1 spiro atoms. The van der Waals surface area contributed by atoms with Gasteiger partial charge in [0.2, 0.25) is 11.8 Å². The lowest BCUT2D eigenvalue weighted by molar-refractivity contribution is -0.154. The molecule has 2 heterocycles. The number of fused-ring (bicyclic) bond motifs is 1. The smallest absolute Gasteiger partial charge is 0.246 e. The van der Waals surface area contributed by atoms with E-state index in [1.54, 1.807) is 17.4 Å². The molecule has 0 bridgehead atoms. The van der Waals surface area contributed by atoms with Crippen LogP contribution in [0.1, 0.15) is 18.4 Å². The maximum absolute atomic E-state index is 12.6. The predicted octanol–water partition coefficient (Wildman–Crippen LogP) is 3.50. The number of likely N-dealkylation sites (tertiary alicyclic amines) is 1. The van der Waals surface area contributed by atoms with Crippen LogP contribution in [0.4, 0.5) is 5.00 Å². The fourth-order valence-electron chi connectivity index (χ4n) is 4.24. The molecule has 5 nitrogen and oxygen atoms in total. The van der Waals surface area contributed by atoms with Crippen LogP contribution in [0.25, 0.3) is 10.1 Å². The number of hydrogen-bond acceptors (Lipinski definition) is 4. The fourth-order valence-corrected chi connectivity index (χ4v) is 5.31. The summed E-state index contributed by atoms with van der Waals surface area (Å²) in [5.74, 6) is 0.263. The molecule has 0 radical (unpaired) electrons. The standard InChI is InChI=1S/C22H27N3O2S/c1-15-6-7-16-10-19(28-18(16)9-15)23-21(27)17-11-22(12-17)13-25(14-22)20(26)5-4-8-24(2)3/h4-7,9-10,17H,8,11-14H2,1-3H3,(H,23,27)/b5-4+. The van der Waals surface area contributed by atoms with Gasteiger partial charge in [0, 0.05) is 41.7 Å². The normalized spacial score (nSPS) is 18.6. The third-order valence-electron chi connectivity index (χ3n) is 5.75. The van der Waals surface area contributed by atoms with Gasteiger partial charge in [-0.25, -0.2) is 0 Å². The molecule has 1 aliphatic heterocycles. The Morgan fingerprint density at radius 1 is 1.29 bits per heavy atom. The number of thiophene rings is 1. The first-order valence-electron chi connectivity index (χ1n) is 9.75. The van der Waals surface area contributed by atoms with Crippen LogP contribution in [0, 0.1) is 18.3 Å². The van der Waals surface area contributed by atoms with E-state index in [0.29, 0.717) is 0 Å². The number of anilines is 1. The first-order chi connectivity index (χ1) is 13.3. The number of hydrogen-bond donors (Lipinski definition) is 1. The van der Waals surface area contributed by atoms with E-state index >= 15 is 0 Å². The molecular formula is C22H27N3O2S. The minimum atomic E-state index is 0.0634. The highest BCUT2D eigenvalue weighted by atomic mass is 32.1. The minimum absolute atomic E-state index is 0.0634. The number of carbonyl (C=O) groups is 2. The van der Waals surface area contributed by atoms with Gasteiger partial charge in [-0.1, -0.05) is 18.2 Å². The number of nitrogens with zero attached hydrogens (tertiary/aromatic N) is 2. The van der Waals surface area contributed by atoms with Crippen molar-refractivity contribution < 1.29 is 9.59 Å². The molecule has 1 N–H and O–H groups in total. The van der Waals surface area contributed by atoms with E-state index in [9.17, 15) is 9.59 Å². The van der Waals surface area contributed by atoms with Crippen molar-refractivity contribution in [2.24, 2.45) is 11.3 Å². The number of benzene rings is 1. The second kappa shape index (κ2) is 7.33. The Labute approximate surface area is 170 Å². The summed E-state index contributed by atoms with van der Waals surface area (Å²) in [4.78, 5) is 28.6. The number of likely N-dealkylation sites (N-methyl/N-ethyl adjacent to an activating group) is 1. The maximum atomic E-state index is 12.6. The quantitative estimate of drug-likeness (QED) is 0.786. The Morgan fingerprint density at radius 3 is 2.75 bits per heavy atom. The van der Waals surface area contributed by atoms with Crippen LogP contribution in [0.5, 0.6) is 0 Å². The molecule has 1 aliphatic carbocycles. The van der Waals surface area contributed by atoms with Crippen molar-refractivity contribution in [3.05, 3.63) is 42.0 Å². The van der Waals surface area contributed by atoms with Crippen molar-refractivity contribution in [3.8, 4) is 0 Å². The van der Waals surface area contributed by atoms with Crippen molar-refractivity contribution in [2.75, 3.05) is 39.0 Å². The third-order valence-corrected chi connectivity index (χ3v) is 6.76. The average Bonchev–Trinajstić information content (AvgIpc) is 2.93. The summed E-state index contributed by atoms with van der Waals surface area (Å²) < 4.78 is 1.20. The number of rotatable bonds is 5. The third kappa shape index (κ3) is 3.84. The van der Waals surface area contributed by atoms with Gasteiger partial charge < -0.3 is 15.1 Å². The Balaban J connectivity index is 1.25. The van der Waals surface area contributed by atoms with Crippen LogP contribution in [-0.4, -0.2) is 55.3 Å². The molecular weight excluding hydrogens is 370 g/mol. The maximum Gasteiger partial charge on any atom is 0.246 e. The van der Waals surface area contributed by atoms with E-state index < -0.39 is 0 Å². The van der Waals surface area contributed by atoms with Gasteiger partial charge in [-0.3, -0.25) is 9.59 Å². The molecule has 1 aromatic carbocycles. The molecule has 2 aromatic rings. The summed E-state index contributed by atoms with van der Waals surface area (Å²) in [5.41, 5.74) is 1.40. The Hall–Kier alpha value is -2.18. The lowest BCUT2D eigenvalue weighted by Gasteiger charge is -2.58. The van der Waals surface area contributed by atoms with E-state index in [1.807, 2.05) is 30.0 Å². The van der Waals surface area contributed by atoms with E-state index in [-0.39, 0.29) is 23.1 Å². The number of aryl methyl sites for hydroxylation is 1. The van der Waals surface area contributed by atoms with Gasteiger partial charge in [0.05, 0.1) is 5.00 Å². The van der Waals surface area contributed by atoms with Crippen molar-refractivity contribution in [1.29, 1.82) is 0 Å². The largest absolute Gasteiger partial charge is 0.338 e. The van der Waals surface area contributed by atoms with E-state index in [4.69, 9.17) is 0 Å². The predicted molar refractivity (Wildman–Crippen MR) is 115 cm³/mol. The van der Waals surface area contributed by atoms with Gasteiger partial charge in [-0.15, -0.1) is 11.3 Å². The van der Waals surface area contributed by atoms with Crippen LogP contribution in [0.15, 0.2) is 36.4 Å². The Bertz CT molecular complexity index is 932. The molecule has 2 amide bonds. The highest BCUT2D eigenvalue weighted by Gasteiger charge is 2.55. The van der Waals surface area contributed by atoms with Crippen LogP contribution in [0.3, 0.4) is 0 Å². The summed E-state index contributed by atoms with van der Waals surface area (Å²) in [6.07, 6.45) is 5.33. The molecule has 0 atom stereocenters. The Morgan fingerprint density at radius 2 is 2.04 bits per heavy atom. The molecule has 1 saturated heterocycles. The first-order valence-corrected chi connectivity index (χ1v) is 10.6. The molecule has 6 heteroatoms. The topological polar surface area (TPSA) is 52.7 Å². The van der Waals surface area contributed by atoms with Crippen LogP contribution < -0.4 is 5.32 Å². The van der Waals surface area contributed by atoms with Crippen molar-refractivity contribution in [2.45, 2.75) is 19.8 Å². The zero-order valence-corrected chi connectivity index (χ0v) is 17.5. The second-order valence-corrected chi connectivity index (χ2v) is 9.69. The van der Waals surface area contributed by atoms with Gasteiger partial charge in [0.15, 0.2) is 0 Å². The highest BCUT2D eigenvalue weighted by Crippen LogP contribution is 2.52. The first kappa shape index (κ1) is 19.2. The average molecular weight is 398 g/mol. The summed E-state index contributed by atoms with van der Waals surface area (Å²) in [6, 6.07) is 8.40. The van der Waals surface area contributed by atoms with Crippen molar-refractivity contribution >= 4 is 38.2 Å². The van der Waals surface area contributed by atoms with Gasteiger partial charge in [0.25, 0.3) is 0 Å². The molecule has 148 valence electrons. The van der Waals surface area contributed by atoms with Gasteiger partial charge >= 0.3 is 0 Å². The van der Waals surface area contributed by atoms with Crippen LogP contribution >= 0.6 is 11.3 Å². The van der Waals surface area contributed by atoms with E-state index in [2.05, 4.69) is 36.5 Å². The molecule has 2 fully saturated rings. The molecule has 2 aliphatic rings. The van der Waals surface area contributed by atoms with Crippen LogP contribution in [-0.2, 0) is 9.59 Å². The lowest BCUT2D eigenvalue weighted by Crippen LogP contribution is -2.64. The molecule has 1 saturated carbocycles. The number of nitrogens with one attached hydrogen (secondary N) is 1. The highest BCUT2D eigenvalue weighted by molar-refractivity contribution is 7.23. The zero-order chi connectivity index (χ0) is 19.9. The SMILES string of the molecule is Cc1ccc2cc(NC(=O)C3CC4(C3)CN(C(=O)/C=C/CN(C)C)C4)sc2c1. The summed E-state index contributed by atoms with van der Waals surface area (Å²) in [5, 5.41) is 5.19. The fraction of sp³-hybridized carbons (Fsp3) is 0.455. The van der Waals surface area contributed by atoms with Gasteiger partial charge in [-0.2, -0.15) is 0 Å². The van der Waals surface area contributed by atoms with Crippen molar-refractivity contribution in [3.63, 3.8) is 0 Å². The molecule has 4 rings (SSSR count). The van der Waals surface area contributed by atoms with E-state index in [1.165, 1.54) is 15.6 Å². The second-order valence-electron chi connectivity index (χ2n) is 8.61. The van der Waals surface area contributed by atoms with Crippen LogP contribution in [0.2, 0.25) is 0 Å². The summed E-state index contributed by atoms with van der Waals surface area (Å²) >= 11 is 1.63. The number of carbonyl (C=O) groups excluding carboxylic acids is 2. The van der Waals surface area contributed by atoms with Gasteiger partial charge in [-0.05, 0) is 56.9 Å². The molecule has 0 unspecified atom stereocenters. The monoisotopic (exact) mass is 397 g/mol. The summed E-state index contributed by atoms with van der Waals surface area (Å²) in [6.45, 7) is 4.41. The van der Waals surface area contributed by atoms with E-state index in [0.717, 1.165) is 37.5 Å². The molecule has 28 heavy (non-hydrogen) atoms. The lowest BCUT2D eigenvalue weighted by atomic mass is 9.57. The molecule has 1 aromatic heterocycles. The number of amides is 2. The Kier molecular flexibility index (Phi) is 5.02. The zero-order valence-electron chi connectivity index (χ0n) is 16.7.